The lowest BCUT2D eigenvalue weighted by Gasteiger charge is -2.74. The molecule has 248 valence electrons. The molecule has 0 unspecified atom stereocenters. The molecule has 1 saturated heterocycles. The van der Waals surface area contributed by atoms with Crippen LogP contribution >= 0.6 is 0 Å². The number of aryl methyl sites for hydroxylation is 1. The number of ether oxygens (including phenoxy) is 1. The zero-order valence-corrected chi connectivity index (χ0v) is 27.0. The molecule has 2 N–H and O–H groups in total. The Morgan fingerprint density at radius 2 is 1.89 bits per heavy atom. The first-order valence-electron chi connectivity index (χ1n) is 16.9. The average molecular weight is 644 g/mol. The lowest BCUT2D eigenvalue weighted by molar-refractivity contribution is -0.208. The Kier molecular flexibility index (Phi) is 7.12. The van der Waals surface area contributed by atoms with Crippen LogP contribution in [0.2, 0.25) is 0 Å². The fourth-order valence-corrected chi connectivity index (χ4v) is 8.63. The number of carbonyl (C=O) groups is 2. The van der Waals surface area contributed by atoms with Gasteiger partial charge in [-0.1, -0.05) is 19.4 Å². The molecule has 2 amide bonds. The largest absolute Gasteiger partial charge is 0.504 e. The summed E-state index contributed by atoms with van der Waals surface area (Å²) in [6.07, 6.45) is 11.5. The Labute approximate surface area is 271 Å². The molecule has 4 aliphatic carbocycles. The van der Waals surface area contributed by atoms with E-state index in [0.717, 1.165) is 30.8 Å². The number of fused-ring (bicyclic) bond motifs is 1. The molecule has 9 rings (SSSR count). The number of anilines is 1. The standard InChI is InChI=1S/C33H41N9O5/c1-3-23-26(39-9-11-40(12-10-39)29(45)25-27(44)20(2)34-19-35-25)30(46)42-31(36-28(38-42)21-7-13-47-14-8-21)41(23)15-24(43)37-33-16-32(17-33,18-33)22-5-4-6-22/h7,19,22,44H,3-6,8-18H2,1-2H3,(H,37,43). The van der Waals surface area contributed by atoms with Crippen molar-refractivity contribution in [2.45, 2.75) is 77.3 Å². The van der Waals surface area contributed by atoms with Crippen LogP contribution in [0.15, 0.2) is 17.2 Å². The van der Waals surface area contributed by atoms with Gasteiger partial charge in [-0.05, 0) is 68.8 Å². The molecule has 14 heteroatoms. The second kappa shape index (κ2) is 11.1. The van der Waals surface area contributed by atoms with E-state index in [4.69, 9.17) is 9.72 Å². The quantitative estimate of drug-likeness (QED) is 0.371. The molecule has 2 bridgehead atoms. The van der Waals surface area contributed by atoms with Gasteiger partial charge >= 0.3 is 0 Å². The van der Waals surface area contributed by atoms with Gasteiger partial charge in [0.15, 0.2) is 17.3 Å². The van der Waals surface area contributed by atoms with Crippen molar-refractivity contribution < 1.29 is 19.4 Å². The topological polar surface area (TPSA) is 160 Å². The average Bonchev–Trinajstić information content (AvgIpc) is 3.47. The van der Waals surface area contributed by atoms with E-state index in [9.17, 15) is 19.5 Å². The van der Waals surface area contributed by atoms with Crippen molar-refractivity contribution in [3.8, 4) is 5.75 Å². The number of piperazine rings is 1. The number of nitrogens with one attached hydrogen (secondary N) is 1. The lowest BCUT2D eigenvalue weighted by atomic mass is 9.33. The van der Waals surface area contributed by atoms with Gasteiger partial charge in [0.1, 0.15) is 18.6 Å². The Morgan fingerprint density at radius 3 is 2.55 bits per heavy atom. The van der Waals surface area contributed by atoms with E-state index in [2.05, 4.69) is 20.4 Å². The molecule has 14 nitrogen and oxygen atoms in total. The summed E-state index contributed by atoms with van der Waals surface area (Å²) in [6, 6.07) is 0. The predicted octanol–water partition coefficient (Wildman–Crippen LogP) is 1.86. The fourth-order valence-electron chi connectivity index (χ4n) is 8.63. The van der Waals surface area contributed by atoms with Gasteiger partial charge in [-0.3, -0.25) is 14.4 Å². The summed E-state index contributed by atoms with van der Waals surface area (Å²) in [7, 11) is 0. The molecule has 6 aliphatic rings. The summed E-state index contributed by atoms with van der Waals surface area (Å²) < 4.78 is 8.67. The SMILES string of the molecule is CCc1c(N2CCN(C(=O)c3ncnc(C)c3O)CC2)c(=O)n2nc(C3=CCOCC3)nc2n1CC(=O)NC12CC(C3CCC3)(C1)C2. The number of nitrogens with zero attached hydrogens (tertiary/aromatic N) is 8. The number of hydrogen-bond acceptors (Lipinski definition) is 10. The molecular formula is C33H41N9O5. The molecular weight excluding hydrogens is 602 g/mol. The molecule has 0 radical (unpaired) electrons. The van der Waals surface area contributed by atoms with Gasteiger partial charge in [0.2, 0.25) is 11.7 Å². The van der Waals surface area contributed by atoms with Crippen LogP contribution in [0.1, 0.15) is 79.6 Å². The minimum absolute atomic E-state index is 0.0310. The zero-order valence-electron chi connectivity index (χ0n) is 27.0. The van der Waals surface area contributed by atoms with Crippen LogP contribution in [0.5, 0.6) is 5.75 Å². The van der Waals surface area contributed by atoms with Crippen molar-refractivity contribution in [3.05, 3.63) is 45.7 Å². The van der Waals surface area contributed by atoms with Crippen LogP contribution in [0, 0.1) is 18.3 Å². The molecule has 0 spiro atoms. The fraction of sp³-hybridized carbons (Fsp3) is 0.606. The zero-order chi connectivity index (χ0) is 32.5. The number of aromatic nitrogens is 6. The smallest absolute Gasteiger partial charge is 0.299 e. The summed E-state index contributed by atoms with van der Waals surface area (Å²) in [4.78, 5) is 57.6. The summed E-state index contributed by atoms with van der Waals surface area (Å²) >= 11 is 0. The van der Waals surface area contributed by atoms with Crippen LogP contribution < -0.4 is 15.8 Å². The summed E-state index contributed by atoms with van der Waals surface area (Å²) in [5.74, 6) is 0.957. The first kappa shape index (κ1) is 30.0. The first-order valence-corrected chi connectivity index (χ1v) is 16.9. The minimum atomic E-state index is -0.383. The normalized spacial score (nSPS) is 25.5. The third kappa shape index (κ3) is 4.82. The second-order valence-corrected chi connectivity index (χ2v) is 14.0. The number of aromatic hydroxyl groups is 1. The van der Waals surface area contributed by atoms with Crippen LogP contribution in [-0.4, -0.2) is 95.9 Å². The van der Waals surface area contributed by atoms with Gasteiger partial charge in [0.05, 0.1) is 24.6 Å². The third-order valence-electron chi connectivity index (χ3n) is 11.3. The molecule has 3 aromatic rings. The van der Waals surface area contributed by atoms with Crippen molar-refractivity contribution in [3.63, 3.8) is 0 Å². The molecule has 47 heavy (non-hydrogen) atoms. The van der Waals surface area contributed by atoms with Gasteiger partial charge in [0, 0.05) is 31.7 Å². The first-order chi connectivity index (χ1) is 22.7. The Bertz CT molecular complexity index is 1850. The maximum atomic E-state index is 14.2. The van der Waals surface area contributed by atoms with Gasteiger partial charge < -0.3 is 29.5 Å². The number of hydrogen-bond donors (Lipinski definition) is 2. The number of rotatable bonds is 8. The van der Waals surface area contributed by atoms with Crippen molar-refractivity contribution in [1.82, 2.24) is 39.3 Å². The molecule has 2 aliphatic heterocycles. The van der Waals surface area contributed by atoms with Gasteiger partial charge in [-0.15, -0.1) is 5.10 Å². The molecule has 5 heterocycles. The van der Waals surface area contributed by atoms with Gasteiger partial charge in [0.25, 0.3) is 11.5 Å². The minimum Gasteiger partial charge on any atom is -0.504 e. The van der Waals surface area contributed by atoms with Gasteiger partial charge in [-0.25, -0.2) is 9.97 Å². The molecule has 3 aromatic heterocycles. The van der Waals surface area contributed by atoms with Crippen LogP contribution in [0.3, 0.4) is 0 Å². The van der Waals surface area contributed by atoms with Crippen LogP contribution in [0.25, 0.3) is 11.4 Å². The maximum absolute atomic E-state index is 14.2. The van der Waals surface area contributed by atoms with E-state index in [1.807, 2.05) is 22.5 Å². The monoisotopic (exact) mass is 643 g/mol. The van der Waals surface area contributed by atoms with E-state index in [1.165, 1.54) is 30.1 Å². The Morgan fingerprint density at radius 1 is 1.13 bits per heavy atom. The highest BCUT2D eigenvalue weighted by atomic mass is 16.5. The lowest BCUT2D eigenvalue weighted by Crippen LogP contribution is -2.77. The maximum Gasteiger partial charge on any atom is 0.299 e. The highest BCUT2D eigenvalue weighted by Crippen LogP contribution is 2.73. The molecule has 5 fully saturated rings. The number of amides is 2. The summed E-state index contributed by atoms with van der Waals surface area (Å²) in [5, 5.41) is 18.4. The highest BCUT2D eigenvalue weighted by molar-refractivity contribution is 5.95. The highest BCUT2D eigenvalue weighted by Gasteiger charge is 2.71. The predicted molar refractivity (Wildman–Crippen MR) is 171 cm³/mol. The Balaban J connectivity index is 1.09. The van der Waals surface area contributed by atoms with Crippen LogP contribution in [0.4, 0.5) is 5.69 Å². The molecule has 0 aromatic carbocycles. The summed E-state index contributed by atoms with van der Waals surface area (Å²) in [5.41, 5.74) is 2.45. The van der Waals surface area contributed by atoms with E-state index in [0.29, 0.717) is 86.3 Å². The number of carbonyl (C=O) groups excluding carboxylic acids is 2. The summed E-state index contributed by atoms with van der Waals surface area (Å²) in [6.45, 7) is 6.05. The van der Waals surface area contributed by atoms with E-state index >= 15 is 0 Å². The Hall–Kier alpha value is -4.33. The molecule has 4 saturated carbocycles. The van der Waals surface area contributed by atoms with Crippen molar-refractivity contribution in [2.24, 2.45) is 11.3 Å². The molecule has 0 atom stereocenters. The third-order valence-corrected chi connectivity index (χ3v) is 11.3. The van der Waals surface area contributed by atoms with Crippen LogP contribution in [-0.2, 0) is 22.5 Å². The van der Waals surface area contributed by atoms with Gasteiger partial charge in [-0.2, -0.15) is 9.50 Å². The van der Waals surface area contributed by atoms with E-state index in [-0.39, 0.29) is 40.9 Å². The van der Waals surface area contributed by atoms with Crippen molar-refractivity contribution in [2.75, 3.05) is 44.3 Å². The van der Waals surface area contributed by atoms with E-state index in [1.54, 1.807) is 11.8 Å². The van der Waals surface area contributed by atoms with Crippen molar-refractivity contribution in [1.29, 1.82) is 0 Å². The van der Waals surface area contributed by atoms with E-state index < -0.39 is 0 Å². The second-order valence-electron chi connectivity index (χ2n) is 14.0. The van der Waals surface area contributed by atoms with Crippen molar-refractivity contribution >= 4 is 28.9 Å².